The number of phenolic OH excluding ortho intramolecular Hbond substituents is 1. The number of hydrogen-bond donors (Lipinski definition) is 3. The van der Waals surface area contributed by atoms with Crippen LogP contribution in [0.15, 0.2) is 24.3 Å². The number of aromatic hydroxyl groups is 1. The predicted molar refractivity (Wildman–Crippen MR) is 129 cm³/mol. The Morgan fingerprint density at radius 1 is 0.971 bits per heavy atom. The second-order valence-electron chi connectivity index (χ2n) is 9.12. The van der Waals surface area contributed by atoms with Gasteiger partial charge in [0.2, 0.25) is 11.7 Å². The minimum atomic E-state index is -0.411. The normalized spacial score (nSPS) is 23.8. The summed E-state index contributed by atoms with van der Waals surface area (Å²) in [5.74, 6) is 1.75. The lowest BCUT2D eigenvalue weighted by molar-refractivity contribution is -0.130. The summed E-state index contributed by atoms with van der Waals surface area (Å²) in [5.41, 5.74) is 10.3. The molecule has 0 radical (unpaired) electrons. The van der Waals surface area contributed by atoms with Gasteiger partial charge in [-0.1, -0.05) is 19.4 Å². The number of hydrogen-bond acceptors (Lipinski definition) is 7. The third-order valence-electron chi connectivity index (χ3n) is 7.02. The van der Waals surface area contributed by atoms with E-state index in [2.05, 4.69) is 23.8 Å². The Bertz CT molecular complexity index is 1020. The lowest BCUT2D eigenvalue weighted by Crippen LogP contribution is -2.41. The molecule has 34 heavy (non-hydrogen) atoms. The zero-order chi connectivity index (χ0) is 24.6. The predicted octanol–water partition coefficient (Wildman–Crippen LogP) is 3.55. The molecule has 0 bridgehead atoms. The second kappa shape index (κ2) is 9.72. The molecule has 0 aromatic heterocycles. The smallest absolute Gasteiger partial charge is 0.242 e. The molecule has 2 aromatic carbocycles. The first-order valence-corrected chi connectivity index (χ1v) is 11.8. The minimum absolute atomic E-state index is 0.0523. The Balaban J connectivity index is 1.86. The van der Waals surface area contributed by atoms with Crippen LogP contribution in [-0.2, 0) is 4.79 Å². The Morgan fingerprint density at radius 3 is 2.18 bits per heavy atom. The molecule has 2 saturated heterocycles. The molecule has 0 spiro atoms. The number of ether oxygens (including phenoxy) is 3. The summed E-state index contributed by atoms with van der Waals surface area (Å²) < 4.78 is 16.8. The monoisotopic (exact) mass is 469 g/mol. The van der Waals surface area contributed by atoms with E-state index in [1.54, 1.807) is 27.4 Å². The molecular formula is C26H35N3O5. The summed E-state index contributed by atoms with van der Waals surface area (Å²) >= 11 is 0. The Kier molecular flexibility index (Phi) is 6.91. The molecule has 3 N–H and O–H groups in total. The van der Waals surface area contributed by atoms with Crippen molar-refractivity contribution in [3.63, 3.8) is 0 Å². The molecule has 2 heterocycles. The van der Waals surface area contributed by atoms with Crippen molar-refractivity contribution in [1.82, 2.24) is 15.8 Å². The molecule has 4 unspecified atom stereocenters. The highest BCUT2D eigenvalue weighted by Gasteiger charge is 2.56. The van der Waals surface area contributed by atoms with Crippen LogP contribution in [0.5, 0.6) is 23.0 Å². The molecule has 1 amide bonds. The lowest BCUT2D eigenvalue weighted by atomic mass is 9.81. The fraction of sp³-hybridized carbons (Fsp3) is 0.500. The molecule has 2 fully saturated rings. The zero-order valence-corrected chi connectivity index (χ0v) is 20.8. The van der Waals surface area contributed by atoms with Gasteiger partial charge < -0.3 is 24.2 Å². The first-order valence-electron chi connectivity index (χ1n) is 11.8. The van der Waals surface area contributed by atoms with E-state index in [4.69, 9.17) is 14.2 Å². The van der Waals surface area contributed by atoms with Crippen LogP contribution < -0.4 is 25.1 Å². The van der Waals surface area contributed by atoms with E-state index in [1.165, 1.54) is 0 Å². The molecule has 2 aliphatic heterocycles. The van der Waals surface area contributed by atoms with Gasteiger partial charge in [0.1, 0.15) is 11.8 Å². The summed E-state index contributed by atoms with van der Waals surface area (Å²) in [6, 6.07) is 6.78. The number of carbonyl (C=O) groups is 1. The Labute approximate surface area is 201 Å². The Hall–Kier alpha value is -2.97. The number of methoxy groups -OCH3 is 3. The van der Waals surface area contributed by atoms with Crippen molar-refractivity contribution in [3.05, 3.63) is 46.5 Å². The van der Waals surface area contributed by atoms with Crippen molar-refractivity contribution in [1.29, 1.82) is 0 Å². The summed E-state index contributed by atoms with van der Waals surface area (Å²) in [6.45, 7) is 6.73. The molecule has 184 valence electrons. The largest absolute Gasteiger partial charge is 0.508 e. The number of hydrazine groups is 1. The number of phenols is 1. The maximum absolute atomic E-state index is 13.6. The van der Waals surface area contributed by atoms with Crippen molar-refractivity contribution in [2.45, 2.75) is 51.7 Å². The molecule has 0 aliphatic carbocycles. The maximum atomic E-state index is 13.6. The van der Waals surface area contributed by atoms with Crippen molar-refractivity contribution in [2.24, 2.45) is 5.92 Å². The third kappa shape index (κ3) is 3.95. The highest BCUT2D eigenvalue weighted by molar-refractivity contribution is 5.86. The van der Waals surface area contributed by atoms with Crippen molar-refractivity contribution in [2.75, 3.05) is 27.9 Å². The van der Waals surface area contributed by atoms with Gasteiger partial charge in [-0.15, -0.1) is 0 Å². The highest BCUT2D eigenvalue weighted by Crippen LogP contribution is 2.51. The summed E-state index contributed by atoms with van der Waals surface area (Å²) in [7, 11) is 4.76. The van der Waals surface area contributed by atoms with Gasteiger partial charge in [-0.25, -0.2) is 10.9 Å². The van der Waals surface area contributed by atoms with Crippen LogP contribution in [0.2, 0.25) is 0 Å². The number of rotatable bonds is 8. The van der Waals surface area contributed by atoms with Crippen LogP contribution in [0.25, 0.3) is 0 Å². The van der Waals surface area contributed by atoms with Crippen molar-refractivity contribution in [3.8, 4) is 23.0 Å². The number of amides is 1. The lowest BCUT2D eigenvalue weighted by Gasteiger charge is -2.32. The summed E-state index contributed by atoms with van der Waals surface area (Å²) in [6.07, 6.45) is 1.88. The zero-order valence-electron chi connectivity index (χ0n) is 20.8. The van der Waals surface area contributed by atoms with Gasteiger partial charge >= 0.3 is 0 Å². The molecule has 4 atom stereocenters. The fourth-order valence-corrected chi connectivity index (χ4v) is 5.56. The van der Waals surface area contributed by atoms with Crippen LogP contribution in [-0.4, -0.2) is 49.8 Å². The van der Waals surface area contributed by atoms with Gasteiger partial charge in [0.05, 0.1) is 33.4 Å². The van der Waals surface area contributed by atoms with Gasteiger partial charge in [-0.3, -0.25) is 4.79 Å². The molecule has 8 heteroatoms. The van der Waals surface area contributed by atoms with Crippen LogP contribution in [0, 0.1) is 19.8 Å². The number of likely N-dealkylation sites (tertiary alicyclic amines) is 1. The van der Waals surface area contributed by atoms with Gasteiger partial charge in [0, 0.05) is 18.0 Å². The first kappa shape index (κ1) is 24.2. The number of carbonyl (C=O) groups excluding carboxylic acids is 1. The van der Waals surface area contributed by atoms with E-state index in [0.29, 0.717) is 23.8 Å². The fourth-order valence-electron chi connectivity index (χ4n) is 5.56. The maximum Gasteiger partial charge on any atom is 0.242 e. The standard InChI is InChI=1S/C26H35N3O5/c1-7-8-9-29-24(16-12-18(32-4)25(34-6)19(13-16)33-5)21-22(27-28-23(21)26(29)31)20-15(3)10-14(2)11-17(20)30/h10-13,21-24,27-28,30H,7-9H2,1-6H3. The quantitative estimate of drug-likeness (QED) is 0.545. The van der Waals surface area contributed by atoms with Gasteiger partial charge in [-0.05, 0) is 55.2 Å². The van der Waals surface area contributed by atoms with E-state index < -0.39 is 6.04 Å². The molecule has 2 aromatic rings. The average molecular weight is 470 g/mol. The third-order valence-corrected chi connectivity index (χ3v) is 7.02. The second-order valence-corrected chi connectivity index (χ2v) is 9.12. The molecule has 4 rings (SSSR count). The van der Waals surface area contributed by atoms with Crippen LogP contribution >= 0.6 is 0 Å². The van der Waals surface area contributed by atoms with E-state index in [9.17, 15) is 9.90 Å². The summed E-state index contributed by atoms with van der Waals surface area (Å²) in [5, 5.41) is 10.9. The highest BCUT2D eigenvalue weighted by atomic mass is 16.5. The van der Waals surface area contributed by atoms with Crippen LogP contribution in [0.4, 0.5) is 0 Å². The van der Waals surface area contributed by atoms with Gasteiger partial charge in [0.25, 0.3) is 0 Å². The number of nitrogens with one attached hydrogen (secondary N) is 2. The van der Waals surface area contributed by atoms with Crippen LogP contribution in [0.1, 0.15) is 54.1 Å². The molecule has 0 saturated carbocycles. The van der Waals surface area contributed by atoms with Crippen LogP contribution in [0.3, 0.4) is 0 Å². The van der Waals surface area contributed by atoms with Crippen molar-refractivity contribution < 1.29 is 24.1 Å². The number of nitrogens with zero attached hydrogens (tertiary/aromatic N) is 1. The number of aryl methyl sites for hydroxylation is 2. The van der Waals surface area contributed by atoms with Crippen molar-refractivity contribution >= 4 is 5.91 Å². The average Bonchev–Trinajstić information content (AvgIpc) is 3.34. The van der Waals surface area contributed by atoms with E-state index in [-0.39, 0.29) is 29.7 Å². The molecular weight excluding hydrogens is 434 g/mol. The summed E-state index contributed by atoms with van der Waals surface area (Å²) in [4.78, 5) is 15.5. The number of benzene rings is 2. The minimum Gasteiger partial charge on any atom is -0.508 e. The van der Waals surface area contributed by atoms with Gasteiger partial charge in [0.15, 0.2) is 11.5 Å². The van der Waals surface area contributed by atoms with E-state index >= 15 is 0 Å². The van der Waals surface area contributed by atoms with E-state index in [1.807, 2.05) is 30.9 Å². The number of unbranched alkanes of at least 4 members (excludes halogenated alkanes) is 1. The Morgan fingerprint density at radius 2 is 1.62 bits per heavy atom. The molecule has 2 aliphatic rings. The molecule has 8 nitrogen and oxygen atoms in total. The number of fused-ring (bicyclic) bond motifs is 1. The SMILES string of the molecule is CCCCN1C(=O)C2NNC(c3c(C)cc(C)cc3O)C2C1c1cc(OC)c(OC)c(OC)c1. The topological polar surface area (TPSA) is 92.3 Å². The van der Waals surface area contributed by atoms with E-state index in [0.717, 1.165) is 35.1 Å². The first-order chi connectivity index (χ1) is 16.4. The van der Waals surface area contributed by atoms with Gasteiger partial charge in [-0.2, -0.15) is 0 Å².